The Bertz CT molecular complexity index is 229. The van der Waals surface area contributed by atoms with Crippen molar-refractivity contribution < 1.29 is 24.3 Å². The predicted molar refractivity (Wildman–Crippen MR) is 74.0 cm³/mol. The van der Waals surface area contributed by atoms with Crippen LogP contribution >= 0.6 is 0 Å². The number of carboxylic acid groups (broad SMARTS) is 2. The molecule has 0 spiro atoms. The molecule has 18 heavy (non-hydrogen) atoms. The van der Waals surface area contributed by atoms with E-state index in [1.165, 1.54) is 30.7 Å². The van der Waals surface area contributed by atoms with Crippen molar-refractivity contribution in [3.63, 3.8) is 0 Å². The van der Waals surface area contributed by atoms with Crippen molar-refractivity contribution in [3.05, 3.63) is 12.2 Å². The molecule has 0 aromatic heterocycles. The summed E-state index contributed by atoms with van der Waals surface area (Å²) in [6, 6.07) is 0. The van der Waals surface area contributed by atoms with Crippen LogP contribution in [0.4, 0.5) is 0 Å². The molecule has 0 aromatic rings. The number of carboxylic acids is 2. The minimum atomic E-state index is -1.26. The van der Waals surface area contributed by atoms with E-state index < -0.39 is 11.9 Å². The van der Waals surface area contributed by atoms with Crippen molar-refractivity contribution in [1.82, 2.24) is 0 Å². The molecule has 0 saturated heterocycles. The zero-order valence-corrected chi connectivity index (χ0v) is 11.1. The molecule has 0 aliphatic heterocycles. The molecule has 0 aliphatic carbocycles. The number of aliphatic carboxylic acids is 2. The number of quaternary nitrogens is 1. The first-order chi connectivity index (χ1) is 7.87. The van der Waals surface area contributed by atoms with Crippen molar-refractivity contribution in [1.29, 1.82) is 0 Å². The van der Waals surface area contributed by atoms with Crippen LogP contribution in [0, 0.1) is 0 Å². The van der Waals surface area contributed by atoms with E-state index in [1.54, 1.807) is 0 Å². The second kappa shape index (κ2) is 13.7. The molecule has 0 bridgehead atoms. The quantitative estimate of drug-likeness (QED) is 0.433. The standard InChI is InChI=1S/C8H20N.C4H4O4.K.H/c1-5-9(6-2,7-3)8-4;5-3(6)1-2-4(7)8;;/h5-8H2,1-4H3;1-2H,(H,5,6)(H,7,8);;/q+1;;;/b;2-1-;;. The average molecular weight is 286 g/mol. The molecule has 6 heteroatoms. The first-order valence-electron chi connectivity index (χ1n) is 5.86. The molecule has 2 N–H and O–H groups in total. The van der Waals surface area contributed by atoms with Gasteiger partial charge < -0.3 is 14.7 Å². The monoisotopic (exact) mass is 286 g/mol. The normalized spacial score (nSPS) is 10.2. The van der Waals surface area contributed by atoms with Crippen LogP contribution in [0.1, 0.15) is 27.7 Å². The topological polar surface area (TPSA) is 74.6 Å². The van der Waals surface area contributed by atoms with E-state index in [0.29, 0.717) is 12.2 Å². The van der Waals surface area contributed by atoms with E-state index in [2.05, 4.69) is 27.7 Å². The fourth-order valence-corrected chi connectivity index (χ4v) is 1.48. The molecule has 0 radical (unpaired) electrons. The van der Waals surface area contributed by atoms with Crippen LogP contribution in [0.25, 0.3) is 0 Å². The van der Waals surface area contributed by atoms with Gasteiger partial charge in [0.1, 0.15) is 0 Å². The Morgan fingerprint density at radius 1 is 0.833 bits per heavy atom. The number of carbonyl (C=O) groups is 2. The van der Waals surface area contributed by atoms with Crippen LogP contribution in [0.15, 0.2) is 12.2 Å². The zero-order chi connectivity index (χ0) is 13.9. The van der Waals surface area contributed by atoms with E-state index in [1.807, 2.05) is 0 Å². The summed E-state index contributed by atoms with van der Waals surface area (Å²) in [5, 5.41) is 15.6. The third kappa shape index (κ3) is 12.7. The average Bonchev–Trinajstić information content (AvgIpc) is 2.31. The summed E-state index contributed by atoms with van der Waals surface area (Å²) in [5.41, 5.74) is 0. The Hall–Kier alpha value is 0.276. The van der Waals surface area contributed by atoms with Gasteiger partial charge in [0.25, 0.3) is 0 Å². The van der Waals surface area contributed by atoms with Crippen LogP contribution < -0.4 is 0 Å². The summed E-state index contributed by atoms with van der Waals surface area (Å²) in [7, 11) is 0. The van der Waals surface area contributed by atoms with Crippen LogP contribution in [0.2, 0.25) is 0 Å². The Balaban J connectivity index is -0.000000238. The fourth-order valence-electron chi connectivity index (χ4n) is 1.48. The van der Waals surface area contributed by atoms with Crippen LogP contribution in [0.3, 0.4) is 0 Å². The van der Waals surface area contributed by atoms with Gasteiger partial charge in [-0.2, -0.15) is 0 Å². The van der Waals surface area contributed by atoms with Crippen molar-refractivity contribution in [2.75, 3.05) is 26.2 Å². The number of rotatable bonds is 6. The molecule has 0 unspecified atom stereocenters. The maximum atomic E-state index is 9.55. The van der Waals surface area contributed by atoms with Gasteiger partial charge in [-0.25, -0.2) is 9.59 Å². The molecule has 0 atom stereocenters. The molecule has 0 rings (SSSR count). The van der Waals surface area contributed by atoms with Crippen molar-refractivity contribution in [2.45, 2.75) is 27.7 Å². The van der Waals surface area contributed by atoms with Gasteiger partial charge in [0.15, 0.2) is 0 Å². The first kappa shape index (κ1) is 23.4. The van der Waals surface area contributed by atoms with E-state index in [9.17, 15) is 9.59 Å². The summed E-state index contributed by atoms with van der Waals surface area (Å²) >= 11 is 0. The van der Waals surface area contributed by atoms with E-state index in [-0.39, 0.29) is 51.4 Å². The molecule has 0 saturated carbocycles. The van der Waals surface area contributed by atoms with Gasteiger partial charge >= 0.3 is 63.3 Å². The van der Waals surface area contributed by atoms with Gasteiger partial charge in [0.2, 0.25) is 0 Å². The SMILES string of the molecule is CC[N+](CC)(CC)CC.O=C(O)/C=C\C(=O)O.[KH]. The van der Waals surface area contributed by atoms with Crippen molar-refractivity contribution >= 4 is 63.3 Å². The van der Waals surface area contributed by atoms with Crippen molar-refractivity contribution in [2.24, 2.45) is 0 Å². The zero-order valence-electron chi connectivity index (χ0n) is 11.1. The number of hydrogen-bond donors (Lipinski definition) is 2. The second-order valence-corrected chi connectivity index (χ2v) is 3.62. The number of hydrogen-bond acceptors (Lipinski definition) is 2. The van der Waals surface area contributed by atoms with Gasteiger partial charge in [0.05, 0.1) is 26.2 Å². The van der Waals surface area contributed by atoms with Crippen molar-refractivity contribution in [3.8, 4) is 0 Å². The predicted octanol–water partition coefficient (Wildman–Crippen LogP) is 0.946. The molecule has 0 heterocycles. The Morgan fingerprint density at radius 3 is 1.11 bits per heavy atom. The summed E-state index contributed by atoms with van der Waals surface area (Å²) in [6.45, 7) is 14.2. The molecule has 0 amide bonds. The Labute approximate surface area is 152 Å². The number of nitrogens with zero attached hydrogens (tertiary/aromatic N) is 1. The third-order valence-electron chi connectivity index (χ3n) is 3.05. The van der Waals surface area contributed by atoms with E-state index in [0.717, 1.165) is 0 Å². The molecule has 0 aromatic carbocycles. The third-order valence-corrected chi connectivity index (χ3v) is 3.05. The molecule has 5 nitrogen and oxygen atoms in total. The van der Waals surface area contributed by atoms with Crippen LogP contribution in [0.5, 0.6) is 0 Å². The minimum absolute atomic E-state index is 0. The summed E-state index contributed by atoms with van der Waals surface area (Å²) in [6.07, 6.45) is 1.12. The molecule has 0 fully saturated rings. The summed E-state index contributed by atoms with van der Waals surface area (Å²) in [5.74, 6) is -2.51. The molecule has 102 valence electrons. The van der Waals surface area contributed by atoms with Gasteiger partial charge in [-0.1, -0.05) is 0 Å². The van der Waals surface area contributed by atoms with Crippen LogP contribution in [-0.4, -0.2) is 104 Å². The maximum absolute atomic E-state index is 9.55. The van der Waals surface area contributed by atoms with Gasteiger partial charge in [-0.15, -0.1) is 0 Å². The van der Waals surface area contributed by atoms with E-state index in [4.69, 9.17) is 10.2 Å². The molecular weight excluding hydrogens is 261 g/mol. The second-order valence-electron chi connectivity index (χ2n) is 3.62. The van der Waals surface area contributed by atoms with Gasteiger partial charge in [0, 0.05) is 12.2 Å². The summed E-state index contributed by atoms with van der Waals surface area (Å²) in [4.78, 5) is 19.1. The molecular formula is C12H25KNO4+. The van der Waals surface area contributed by atoms with Gasteiger partial charge in [-0.05, 0) is 27.7 Å². The molecule has 0 aliphatic rings. The Kier molecular flexibility index (Phi) is 17.8. The van der Waals surface area contributed by atoms with Crippen LogP contribution in [-0.2, 0) is 9.59 Å². The fraction of sp³-hybridized carbons (Fsp3) is 0.667. The van der Waals surface area contributed by atoms with Gasteiger partial charge in [-0.3, -0.25) is 0 Å². The first-order valence-corrected chi connectivity index (χ1v) is 5.86. The Morgan fingerprint density at radius 2 is 1.06 bits per heavy atom. The van der Waals surface area contributed by atoms with E-state index >= 15 is 0 Å². The summed E-state index contributed by atoms with van der Waals surface area (Å²) < 4.78 is 1.28.